The van der Waals surface area contributed by atoms with Crippen LogP contribution in [0.25, 0.3) is 0 Å². The normalized spacial score (nSPS) is 60.0. The van der Waals surface area contributed by atoms with E-state index in [-0.39, 0.29) is 52.4 Å². The second-order valence-corrected chi connectivity index (χ2v) is 11.1. The number of carbonyl (C=O) groups is 1. The maximum atomic E-state index is 13.5. The topological polar surface area (TPSA) is 79.2 Å². The van der Waals surface area contributed by atoms with E-state index in [0.29, 0.717) is 18.9 Å². The van der Waals surface area contributed by atoms with E-state index in [0.717, 1.165) is 38.8 Å². The molecule has 6 heteroatoms. The number of carbonyl (C=O) groups excluding carboxylic acids is 1. The van der Waals surface area contributed by atoms with Crippen molar-refractivity contribution in [3.05, 3.63) is 0 Å². The summed E-state index contributed by atoms with van der Waals surface area (Å²) >= 11 is 0. The molecule has 0 aromatic rings. The highest BCUT2D eigenvalue weighted by Crippen LogP contribution is 2.78. The second-order valence-electron chi connectivity index (χ2n) is 11.1. The summed E-state index contributed by atoms with van der Waals surface area (Å²) in [6.07, 6.45) is 3.40. The molecule has 162 valence electrons. The van der Waals surface area contributed by atoms with Crippen molar-refractivity contribution in [3.63, 3.8) is 0 Å². The Kier molecular flexibility index (Phi) is 3.85. The molecule has 0 aromatic heterocycles. The summed E-state index contributed by atoms with van der Waals surface area (Å²) in [5.74, 6) is 0.169. The van der Waals surface area contributed by atoms with E-state index < -0.39 is 11.7 Å². The highest BCUT2D eigenvalue weighted by molar-refractivity contribution is 5.89. The highest BCUT2D eigenvalue weighted by Gasteiger charge is 2.83. The molecule has 0 amide bonds. The molecule has 6 nitrogen and oxygen atoms in total. The van der Waals surface area contributed by atoms with Gasteiger partial charge in [0, 0.05) is 55.9 Å². The summed E-state index contributed by atoms with van der Waals surface area (Å²) in [7, 11) is 3.47. The molecule has 5 saturated carbocycles. The van der Waals surface area contributed by atoms with Crippen LogP contribution in [0.15, 0.2) is 0 Å². The van der Waals surface area contributed by atoms with Gasteiger partial charge in [-0.15, -0.1) is 0 Å². The molecular formula is C23H35NO5. The average Bonchev–Trinajstić information content (AvgIpc) is 3.13. The lowest BCUT2D eigenvalue weighted by atomic mass is 9.43. The van der Waals surface area contributed by atoms with Crippen LogP contribution in [0.5, 0.6) is 0 Å². The zero-order chi connectivity index (χ0) is 20.3. The molecule has 29 heavy (non-hydrogen) atoms. The fraction of sp³-hybridized carbons (Fsp3) is 0.957. The lowest BCUT2D eigenvalue weighted by Crippen LogP contribution is -2.76. The van der Waals surface area contributed by atoms with E-state index in [2.05, 4.69) is 11.8 Å². The van der Waals surface area contributed by atoms with E-state index >= 15 is 0 Å². The lowest BCUT2D eigenvalue weighted by Gasteiger charge is -2.68. The number of likely N-dealkylation sites (tertiary alicyclic amines) is 1. The van der Waals surface area contributed by atoms with Crippen LogP contribution in [0, 0.1) is 40.4 Å². The number of fused-ring (bicyclic) bond motifs is 2. The number of nitrogens with zero attached hydrogens (tertiary/aromatic N) is 1. The number of rotatable bonds is 4. The van der Waals surface area contributed by atoms with Crippen LogP contribution in [0.3, 0.4) is 0 Å². The number of piperidine rings is 1. The molecule has 6 aliphatic rings. The number of hydrogen-bond acceptors (Lipinski definition) is 6. The fourth-order valence-corrected chi connectivity index (χ4v) is 10.1. The molecule has 1 heterocycles. The molecule has 7 bridgehead atoms. The maximum absolute atomic E-state index is 13.5. The minimum absolute atomic E-state index is 0.0199. The van der Waals surface area contributed by atoms with Gasteiger partial charge in [0.1, 0.15) is 5.78 Å². The monoisotopic (exact) mass is 405 g/mol. The molecule has 0 unspecified atom stereocenters. The summed E-state index contributed by atoms with van der Waals surface area (Å²) < 4.78 is 11.5. The number of hydrogen-bond donors (Lipinski definition) is 2. The summed E-state index contributed by atoms with van der Waals surface area (Å²) in [5, 5.41) is 23.8. The third kappa shape index (κ3) is 1.88. The first-order valence-corrected chi connectivity index (χ1v) is 11.6. The Morgan fingerprint density at radius 3 is 2.72 bits per heavy atom. The molecule has 1 aliphatic heterocycles. The summed E-state index contributed by atoms with van der Waals surface area (Å²) in [4.78, 5) is 16.0. The van der Waals surface area contributed by atoms with Crippen LogP contribution in [-0.2, 0) is 14.3 Å². The van der Waals surface area contributed by atoms with Gasteiger partial charge in [-0.2, -0.15) is 0 Å². The maximum Gasteiger partial charge on any atom is 0.144 e. The molecule has 11 atom stereocenters. The molecule has 5 aliphatic carbocycles. The third-order valence-electron chi connectivity index (χ3n) is 10.7. The number of Topliss-reactive ketones (excluding diaryl/α,β-unsaturated/α-hetero) is 1. The van der Waals surface area contributed by atoms with Gasteiger partial charge in [-0.1, -0.05) is 6.92 Å². The van der Waals surface area contributed by atoms with Gasteiger partial charge in [-0.25, -0.2) is 0 Å². The highest BCUT2D eigenvalue weighted by atomic mass is 16.5. The van der Waals surface area contributed by atoms with Crippen LogP contribution < -0.4 is 0 Å². The van der Waals surface area contributed by atoms with E-state index in [1.165, 1.54) is 0 Å². The van der Waals surface area contributed by atoms with Crippen molar-refractivity contribution in [2.24, 2.45) is 40.4 Å². The van der Waals surface area contributed by atoms with E-state index in [9.17, 15) is 15.0 Å². The molecule has 0 radical (unpaired) electrons. The molecule has 1 saturated heterocycles. The Balaban J connectivity index is 1.58. The van der Waals surface area contributed by atoms with Crippen molar-refractivity contribution in [1.29, 1.82) is 0 Å². The van der Waals surface area contributed by atoms with Gasteiger partial charge in [0.05, 0.1) is 30.3 Å². The summed E-state index contributed by atoms with van der Waals surface area (Å²) in [6, 6.07) is 0.159. The Hall–Kier alpha value is -0.530. The van der Waals surface area contributed by atoms with Gasteiger partial charge >= 0.3 is 0 Å². The van der Waals surface area contributed by atoms with Gasteiger partial charge < -0.3 is 19.7 Å². The molecule has 0 aromatic carbocycles. The Morgan fingerprint density at radius 1 is 1.24 bits per heavy atom. The van der Waals surface area contributed by atoms with Gasteiger partial charge in [-0.3, -0.25) is 9.69 Å². The molecule has 2 N–H and O–H groups in total. The quantitative estimate of drug-likeness (QED) is 0.729. The van der Waals surface area contributed by atoms with Crippen molar-refractivity contribution in [2.75, 3.05) is 33.9 Å². The van der Waals surface area contributed by atoms with E-state index in [4.69, 9.17) is 9.47 Å². The zero-order valence-electron chi connectivity index (χ0n) is 17.8. The van der Waals surface area contributed by atoms with Gasteiger partial charge in [0.15, 0.2) is 0 Å². The predicted molar refractivity (Wildman–Crippen MR) is 105 cm³/mol. The Bertz CT molecular complexity index is 745. The third-order valence-corrected chi connectivity index (χ3v) is 10.7. The SMILES string of the molecule is CCN1C[C@]2(COC)CC[C@@H](O)[C@@]34[C@@H]5C[C@H]6C(=O)[C@@H]5[C@](O)(C[C@@H]6OC)[C@@H](C[C@H]23)[C@@H]14. The second kappa shape index (κ2) is 5.83. The molecule has 6 rings (SSSR count). The van der Waals surface area contributed by atoms with Crippen LogP contribution in [-0.4, -0.2) is 78.7 Å². The predicted octanol–water partition coefficient (Wildman–Crippen LogP) is 1.09. The molecule has 6 fully saturated rings. The van der Waals surface area contributed by atoms with Crippen LogP contribution >= 0.6 is 0 Å². The lowest BCUT2D eigenvalue weighted by molar-refractivity contribution is -0.257. The molecular weight excluding hydrogens is 370 g/mol. The van der Waals surface area contributed by atoms with Crippen molar-refractivity contribution >= 4 is 5.78 Å². The van der Waals surface area contributed by atoms with Crippen molar-refractivity contribution < 1.29 is 24.5 Å². The smallest absolute Gasteiger partial charge is 0.144 e. The fourth-order valence-electron chi connectivity index (χ4n) is 10.1. The first-order valence-electron chi connectivity index (χ1n) is 11.6. The number of aliphatic hydroxyl groups is 2. The Labute approximate surface area is 172 Å². The van der Waals surface area contributed by atoms with E-state index in [1.807, 2.05) is 0 Å². The van der Waals surface area contributed by atoms with Crippen molar-refractivity contribution in [1.82, 2.24) is 4.90 Å². The summed E-state index contributed by atoms with van der Waals surface area (Å²) in [6.45, 7) is 4.79. The van der Waals surface area contributed by atoms with Gasteiger partial charge in [-0.05, 0) is 44.1 Å². The summed E-state index contributed by atoms with van der Waals surface area (Å²) in [5.41, 5.74) is -1.27. The van der Waals surface area contributed by atoms with Crippen LogP contribution in [0.1, 0.15) is 39.0 Å². The first kappa shape index (κ1) is 19.2. The van der Waals surface area contributed by atoms with Crippen LogP contribution in [0.2, 0.25) is 0 Å². The van der Waals surface area contributed by atoms with Crippen LogP contribution in [0.4, 0.5) is 0 Å². The van der Waals surface area contributed by atoms with Crippen molar-refractivity contribution in [3.8, 4) is 0 Å². The number of methoxy groups -OCH3 is 2. The average molecular weight is 406 g/mol. The molecule has 1 spiro atoms. The number of aliphatic hydroxyl groups excluding tert-OH is 1. The zero-order valence-corrected chi connectivity index (χ0v) is 17.8. The first-order chi connectivity index (χ1) is 13.9. The Morgan fingerprint density at radius 2 is 2.03 bits per heavy atom. The van der Waals surface area contributed by atoms with E-state index in [1.54, 1.807) is 14.2 Å². The standard InChI is InChI=1S/C23H35NO5/c1-4-24-10-21(11-28-2)6-5-17(25)23-13-7-12-15(29-3)9-22(27,18(13)19(12)26)14(20(23)24)8-16(21)23/h12-18,20,25,27H,4-11H2,1-3H3/t12-,13-,14+,15+,16-,17-,18-,20-,21+,22+,23-/m1/s1. The largest absolute Gasteiger partial charge is 0.392 e. The minimum Gasteiger partial charge on any atom is -0.392 e. The number of ketones is 1. The van der Waals surface area contributed by atoms with Crippen molar-refractivity contribution in [2.45, 2.75) is 62.9 Å². The minimum atomic E-state index is -1.00. The number of ether oxygens (including phenoxy) is 2. The van der Waals surface area contributed by atoms with Gasteiger partial charge in [0.2, 0.25) is 0 Å². The van der Waals surface area contributed by atoms with Gasteiger partial charge in [0.25, 0.3) is 0 Å².